The highest BCUT2D eigenvalue weighted by molar-refractivity contribution is 5.91. The predicted molar refractivity (Wildman–Crippen MR) is 208 cm³/mol. The van der Waals surface area contributed by atoms with Crippen LogP contribution < -0.4 is 23.7 Å². The molecule has 2 aliphatic rings. The molecule has 1 saturated heterocycles. The zero-order chi connectivity index (χ0) is 39.3. The monoisotopic (exact) mass is 762 g/mol. The van der Waals surface area contributed by atoms with Crippen molar-refractivity contribution in [1.82, 2.24) is 0 Å². The number of methoxy groups -OCH3 is 5. The first-order chi connectivity index (χ1) is 26.6. The van der Waals surface area contributed by atoms with Crippen molar-refractivity contribution in [2.24, 2.45) is 0 Å². The fourth-order valence-electron chi connectivity index (χ4n) is 7.90. The molecule has 12 nitrogen and oxygen atoms in total. The molecule has 12 heteroatoms. The van der Waals surface area contributed by atoms with E-state index in [0.29, 0.717) is 43.3 Å². The molecule has 0 radical (unpaired) electrons. The van der Waals surface area contributed by atoms with Crippen LogP contribution in [0.1, 0.15) is 41.1 Å². The summed E-state index contributed by atoms with van der Waals surface area (Å²) in [6.07, 6.45) is 5.44. The normalized spacial score (nSPS) is 18.9. The molecule has 1 unspecified atom stereocenters. The summed E-state index contributed by atoms with van der Waals surface area (Å²) in [6.45, 7) is 6.78. The lowest BCUT2D eigenvalue weighted by Gasteiger charge is -2.46. The van der Waals surface area contributed by atoms with Crippen LogP contribution in [-0.4, -0.2) is 123 Å². The van der Waals surface area contributed by atoms with Gasteiger partial charge in [0.15, 0.2) is 11.5 Å². The lowest BCUT2D eigenvalue weighted by atomic mass is 9.86. The van der Waals surface area contributed by atoms with Gasteiger partial charge in [-0.1, -0.05) is 18.2 Å². The van der Waals surface area contributed by atoms with Gasteiger partial charge in [-0.05, 0) is 47.5 Å². The van der Waals surface area contributed by atoms with Gasteiger partial charge in [-0.25, -0.2) is 9.59 Å². The Bertz CT molecular complexity index is 1730. The standard InChI is InChI=1S/C43H58N2O10/c1-44(20-17-34-11-14-36(49-3)30-37(34)38(44)27-32-9-12-35(48-2)13-10-32)18-7-23-54-41(46)15-16-42(47)55-24-8-19-45(21-25-53-26-22-45)31-33-28-39(50-4)43(52-6)40(29-33)51-5/h9-16,28-30,38H,7-8,17-27,31H2,1-6H3/q+2/b16-15-/t38-,44?/m1/s1. The molecule has 0 saturated carbocycles. The Morgan fingerprint density at radius 1 is 0.709 bits per heavy atom. The van der Waals surface area contributed by atoms with E-state index < -0.39 is 11.9 Å². The molecule has 0 aliphatic carbocycles. The van der Waals surface area contributed by atoms with Gasteiger partial charge in [-0.2, -0.15) is 0 Å². The minimum Gasteiger partial charge on any atom is -0.497 e. The van der Waals surface area contributed by atoms with Crippen LogP contribution in [0.25, 0.3) is 0 Å². The van der Waals surface area contributed by atoms with Crippen LogP contribution in [-0.2, 0) is 43.2 Å². The molecule has 55 heavy (non-hydrogen) atoms. The smallest absolute Gasteiger partial charge is 0.331 e. The maximum absolute atomic E-state index is 12.6. The van der Waals surface area contributed by atoms with E-state index in [4.69, 9.17) is 37.9 Å². The Morgan fingerprint density at radius 3 is 1.89 bits per heavy atom. The molecular weight excluding hydrogens is 704 g/mol. The Balaban J connectivity index is 1.09. The van der Waals surface area contributed by atoms with Gasteiger partial charge in [0, 0.05) is 49.0 Å². The number of likely N-dealkylation sites (N-methyl/N-ethyl adjacent to an activating group) is 1. The molecule has 0 aromatic heterocycles. The zero-order valence-electron chi connectivity index (χ0n) is 33.3. The first-order valence-corrected chi connectivity index (χ1v) is 19.0. The molecule has 2 atom stereocenters. The van der Waals surface area contributed by atoms with Gasteiger partial charge in [0.2, 0.25) is 5.75 Å². The van der Waals surface area contributed by atoms with E-state index >= 15 is 0 Å². The average Bonchev–Trinajstić information content (AvgIpc) is 3.21. The van der Waals surface area contributed by atoms with Crippen LogP contribution in [0.2, 0.25) is 0 Å². The fourth-order valence-corrected chi connectivity index (χ4v) is 7.90. The lowest BCUT2D eigenvalue weighted by Crippen LogP contribution is -2.55. The predicted octanol–water partition coefficient (Wildman–Crippen LogP) is 5.49. The molecule has 298 valence electrons. The third-order valence-electron chi connectivity index (χ3n) is 11.0. The number of carbonyl (C=O) groups is 2. The van der Waals surface area contributed by atoms with Gasteiger partial charge in [0.05, 0.1) is 88.7 Å². The number of esters is 2. The number of rotatable bonds is 19. The quantitative estimate of drug-likeness (QED) is 0.0674. The Labute approximate surface area is 325 Å². The number of morpholine rings is 1. The Morgan fingerprint density at radius 2 is 1.31 bits per heavy atom. The summed E-state index contributed by atoms with van der Waals surface area (Å²) >= 11 is 0. The van der Waals surface area contributed by atoms with Gasteiger partial charge < -0.3 is 46.9 Å². The second-order valence-corrected chi connectivity index (χ2v) is 14.5. The molecular formula is C43H58N2O10+2. The third-order valence-corrected chi connectivity index (χ3v) is 11.0. The number of nitrogens with zero attached hydrogens (tertiary/aromatic N) is 2. The summed E-state index contributed by atoms with van der Waals surface area (Å²) < 4.78 is 45.9. The number of hydrogen-bond acceptors (Lipinski definition) is 10. The number of benzene rings is 3. The highest BCUT2D eigenvalue weighted by atomic mass is 16.5. The van der Waals surface area contributed by atoms with Crippen molar-refractivity contribution in [2.45, 2.75) is 38.3 Å². The van der Waals surface area contributed by atoms with Crippen molar-refractivity contribution in [1.29, 1.82) is 0 Å². The van der Waals surface area contributed by atoms with E-state index in [-0.39, 0.29) is 19.3 Å². The van der Waals surface area contributed by atoms with Crippen LogP contribution in [0, 0.1) is 0 Å². The molecule has 1 fully saturated rings. The van der Waals surface area contributed by atoms with Crippen LogP contribution in [0.15, 0.2) is 66.7 Å². The minimum absolute atomic E-state index is 0.201. The maximum Gasteiger partial charge on any atom is 0.331 e. The molecule has 2 aliphatic heterocycles. The van der Waals surface area contributed by atoms with E-state index in [0.717, 1.165) is 90.3 Å². The van der Waals surface area contributed by atoms with Gasteiger partial charge in [-0.3, -0.25) is 0 Å². The SMILES string of the molecule is COc1ccc(C[C@@H]2c3cc(OC)ccc3CC[N+]2(C)CCCOC(=O)/C=C\C(=O)OCCC[N+]2(Cc3cc(OC)c(OC)c(OC)c3)CCOCC2)cc1. The number of fused-ring (bicyclic) bond motifs is 1. The lowest BCUT2D eigenvalue weighted by molar-refractivity contribution is -0.947. The maximum atomic E-state index is 12.6. The molecule has 5 rings (SSSR count). The number of ether oxygens (including phenoxy) is 8. The first kappa shape index (κ1) is 41.4. The average molecular weight is 763 g/mol. The third kappa shape index (κ3) is 10.9. The van der Waals surface area contributed by atoms with Crippen molar-refractivity contribution in [3.63, 3.8) is 0 Å². The van der Waals surface area contributed by atoms with Crippen LogP contribution in [0.4, 0.5) is 0 Å². The molecule has 0 bridgehead atoms. The highest BCUT2D eigenvalue weighted by Crippen LogP contribution is 2.40. The summed E-state index contributed by atoms with van der Waals surface area (Å²) in [4.78, 5) is 25.1. The van der Waals surface area contributed by atoms with Crippen LogP contribution >= 0.6 is 0 Å². The van der Waals surface area contributed by atoms with E-state index in [1.54, 1.807) is 35.5 Å². The highest BCUT2D eigenvalue weighted by Gasteiger charge is 2.39. The van der Waals surface area contributed by atoms with E-state index in [1.165, 1.54) is 16.7 Å². The summed E-state index contributed by atoms with van der Waals surface area (Å²) in [5.74, 6) is 2.33. The van der Waals surface area contributed by atoms with Crippen LogP contribution in [0.3, 0.4) is 0 Å². The Kier molecular flexibility index (Phi) is 14.8. The molecule has 0 spiro atoms. The van der Waals surface area contributed by atoms with Gasteiger partial charge in [0.25, 0.3) is 0 Å². The van der Waals surface area contributed by atoms with Crippen molar-refractivity contribution >= 4 is 11.9 Å². The second kappa shape index (κ2) is 19.7. The van der Waals surface area contributed by atoms with Crippen molar-refractivity contribution in [3.8, 4) is 28.7 Å². The Hall–Kier alpha value is -4.78. The molecule has 0 amide bonds. The van der Waals surface area contributed by atoms with Crippen molar-refractivity contribution in [2.75, 3.05) is 102 Å². The first-order valence-electron chi connectivity index (χ1n) is 19.0. The topological polar surface area (TPSA) is 108 Å². The minimum atomic E-state index is -0.572. The van der Waals surface area contributed by atoms with Gasteiger partial charge in [0.1, 0.15) is 37.2 Å². The molecule has 3 aromatic carbocycles. The fraction of sp³-hybridized carbons (Fsp3) is 0.488. The molecule has 2 heterocycles. The molecule has 0 N–H and O–H groups in total. The molecule has 3 aromatic rings. The van der Waals surface area contributed by atoms with Crippen molar-refractivity contribution in [3.05, 3.63) is 89.0 Å². The van der Waals surface area contributed by atoms with E-state index in [9.17, 15) is 9.59 Å². The van der Waals surface area contributed by atoms with Crippen LogP contribution in [0.5, 0.6) is 28.7 Å². The van der Waals surface area contributed by atoms with E-state index in [2.05, 4.69) is 31.3 Å². The van der Waals surface area contributed by atoms with E-state index in [1.807, 2.05) is 30.3 Å². The van der Waals surface area contributed by atoms with Gasteiger partial charge >= 0.3 is 11.9 Å². The summed E-state index contributed by atoms with van der Waals surface area (Å²) in [5.41, 5.74) is 4.92. The van der Waals surface area contributed by atoms with Crippen molar-refractivity contribution < 1.29 is 56.5 Å². The number of quaternary nitrogens is 2. The summed E-state index contributed by atoms with van der Waals surface area (Å²) in [6, 6.07) is 18.8. The number of hydrogen-bond donors (Lipinski definition) is 0. The van der Waals surface area contributed by atoms with Gasteiger partial charge in [-0.15, -0.1) is 0 Å². The zero-order valence-corrected chi connectivity index (χ0v) is 33.3. The largest absolute Gasteiger partial charge is 0.497 e. The summed E-state index contributed by atoms with van der Waals surface area (Å²) in [7, 11) is 10.5. The number of carbonyl (C=O) groups excluding carboxylic acids is 2. The second-order valence-electron chi connectivity index (χ2n) is 14.5. The summed E-state index contributed by atoms with van der Waals surface area (Å²) in [5, 5.41) is 0.